The first-order valence-electron chi connectivity index (χ1n) is 14.4. The number of alkyl halides is 6. The second kappa shape index (κ2) is 12.6. The minimum atomic E-state index is -5.96. The Kier molecular flexibility index (Phi) is 9.33. The smallest absolute Gasteiger partial charge is 0.376 e. The number of rotatable bonds is 10. The SMILES string of the molecule is CN(C)Cc1ccc2c(c1)C(c1ccc(OS(=O)(=O)C(F)(F)F)cc1)(c1ccc(OS(=O)(=O)C(F)(F)F)cc1)c1cc(CN(C)C)ccc1-2. The van der Waals surface area contributed by atoms with Gasteiger partial charge in [-0.15, -0.1) is 0 Å². The monoisotopic (exact) mass is 728 g/mol. The molecule has 0 aliphatic heterocycles. The van der Waals surface area contributed by atoms with E-state index in [1.807, 2.05) is 74.4 Å². The van der Waals surface area contributed by atoms with Gasteiger partial charge in [0.15, 0.2) is 0 Å². The van der Waals surface area contributed by atoms with Gasteiger partial charge in [0.05, 0.1) is 5.41 Å². The Morgan fingerprint density at radius 1 is 0.551 bits per heavy atom. The minimum Gasteiger partial charge on any atom is -0.376 e. The average Bonchev–Trinajstić information content (AvgIpc) is 3.25. The quantitative estimate of drug-likeness (QED) is 0.0900. The maximum Gasteiger partial charge on any atom is 0.534 e. The molecule has 0 radical (unpaired) electrons. The predicted molar refractivity (Wildman–Crippen MR) is 170 cm³/mol. The van der Waals surface area contributed by atoms with Gasteiger partial charge in [-0.05, 0) is 97.0 Å². The van der Waals surface area contributed by atoms with Crippen LogP contribution in [0.2, 0.25) is 0 Å². The first-order valence-corrected chi connectivity index (χ1v) is 17.3. The molecular weight excluding hydrogens is 698 g/mol. The molecule has 0 fully saturated rings. The standard InChI is InChI=1S/C33H30F6N2O6S2/c1-40(2)19-21-5-15-27-28-16-6-22(20-41(3)4)18-30(28)31(29(27)17-21,23-7-11-25(12-8-23)46-48(42,43)32(34,35)36)24-9-13-26(14-10-24)47-49(44,45)33(37,38)39/h5-18H,19-20H2,1-4H3. The highest BCUT2D eigenvalue weighted by Gasteiger charge is 2.50. The van der Waals surface area contributed by atoms with E-state index in [1.165, 1.54) is 24.3 Å². The lowest BCUT2D eigenvalue weighted by atomic mass is 9.67. The Bertz CT molecular complexity index is 1930. The van der Waals surface area contributed by atoms with Crippen LogP contribution in [0.25, 0.3) is 11.1 Å². The molecule has 0 heterocycles. The van der Waals surface area contributed by atoms with Gasteiger partial charge in [0.2, 0.25) is 0 Å². The van der Waals surface area contributed by atoms with Gasteiger partial charge in [-0.25, -0.2) is 0 Å². The Morgan fingerprint density at radius 3 is 1.16 bits per heavy atom. The lowest BCUT2D eigenvalue weighted by Crippen LogP contribution is -2.30. The predicted octanol–water partition coefficient (Wildman–Crippen LogP) is 6.63. The van der Waals surface area contributed by atoms with Crippen LogP contribution in [-0.2, 0) is 38.7 Å². The molecule has 5 rings (SSSR count). The summed E-state index contributed by atoms with van der Waals surface area (Å²) in [5.41, 5.74) is -6.88. The lowest BCUT2D eigenvalue weighted by molar-refractivity contribution is -0.0504. The zero-order valence-corrected chi connectivity index (χ0v) is 28.1. The van der Waals surface area contributed by atoms with E-state index in [2.05, 4.69) is 8.37 Å². The molecule has 0 spiro atoms. The maximum absolute atomic E-state index is 13.1. The minimum absolute atomic E-state index is 0.449. The van der Waals surface area contributed by atoms with Gasteiger partial charge in [-0.3, -0.25) is 0 Å². The number of benzene rings is 4. The molecule has 0 N–H and O–H groups in total. The van der Waals surface area contributed by atoms with Gasteiger partial charge in [-0.1, -0.05) is 60.7 Å². The van der Waals surface area contributed by atoms with Gasteiger partial charge in [0.1, 0.15) is 11.5 Å². The molecule has 1 aliphatic carbocycles. The van der Waals surface area contributed by atoms with E-state index in [-0.39, 0.29) is 0 Å². The molecule has 0 bridgehead atoms. The van der Waals surface area contributed by atoms with E-state index in [1.54, 1.807) is 0 Å². The van der Waals surface area contributed by atoms with E-state index in [9.17, 15) is 43.2 Å². The van der Waals surface area contributed by atoms with Crippen molar-refractivity contribution in [3.63, 3.8) is 0 Å². The van der Waals surface area contributed by atoms with Gasteiger partial charge in [0, 0.05) is 13.1 Å². The Labute approximate surface area is 279 Å². The number of halogens is 6. The normalized spacial score (nSPS) is 14.5. The van der Waals surface area contributed by atoms with Crippen LogP contribution in [0.1, 0.15) is 33.4 Å². The van der Waals surface area contributed by atoms with Gasteiger partial charge >= 0.3 is 31.3 Å². The Morgan fingerprint density at radius 2 is 0.878 bits per heavy atom. The molecule has 4 aromatic carbocycles. The zero-order chi connectivity index (χ0) is 36.2. The third-order valence-electron chi connectivity index (χ3n) is 7.82. The van der Waals surface area contributed by atoms with Crippen LogP contribution in [-0.4, -0.2) is 65.8 Å². The summed E-state index contributed by atoms with van der Waals surface area (Å²) in [6.07, 6.45) is 0. The number of hydrogen-bond acceptors (Lipinski definition) is 8. The second-order valence-corrected chi connectivity index (χ2v) is 15.1. The highest BCUT2D eigenvalue weighted by molar-refractivity contribution is 7.88. The third-order valence-corrected chi connectivity index (χ3v) is 9.77. The van der Waals surface area contributed by atoms with E-state index >= 15 is 0 Å². The second-order valence-electron chi connectivity index (χ2n) is 12.0. The van der Waals surface area contributed by atoms with Gasteiger partial charge in [0.25, 0.3) is 0 Å². The summed E-state index contributed by atoms with van der Waals surface area (Å²) < 4.78 is 134. The topological polar surface area (TPSA) is 93.2 Å². The van der Waals surface area contributed by atoms with E-state index < -0.39 is 48.2 Å². The molecule has 8 nitrogen and oxygen atoms in total. The summed E-state index contributed by atoms with van der Waals surface area (Å²) in [6, 6.07) is 21.7. The fraction of sp³-hybridized carbons (Fsp3) is 0.273. The molecular formula is C33H30F6N2O6S2. The molecule has 0 amide bonds. The summed E-state index contributed by atoms with van der Waals surface area (Å²) in [5.74, 6) is -1.20. The molecule has 262 valence electrons. The lowest BCUT2D eigenvalue weighted by Gasteiger charge is -2.34. The summed E-state index contributed by atoms with van der Waals surface area (Å²) in [4.78, 5) is 3.89. The van der Waals surface area contributed by atoms with Crippen LogP contribution in [0, 0.1) is 0 Å². The highest BCUT2D eigenvalue weighted by Crippen LogP contribution is 2.57. The molecule has 0 atom stereocenters. The molecule has 16 heteroatoms. The van der Waals surface area contributed by atoms with Gasteiger partial charge < -0.3 is 18.2 Å². The molecule has 1 aliphatic rings. The molecule has 49 heavy (non-hydrogen) atoms. The molecule has 0 unspecified atom stereocenters. The van der Waals surface area contributed by atoms with Crippen molar-refractivity contribution in [2.45, 2.75) is 29.5 Å². The molecule has 4 aromatic rings. The van der Waals surface area contributed by atoms with Crippen molar-refractivity contribution in [2.75, 3.05) is 28.2 Å². The van der Waals surface area contributed by atoms with E-state index in [0.717, 1.165) is 57.6 Å². The molecule has 0 saturated carbocycles. The first-order chi connectivity index (χ1) is 22.7. The summed E-state index contributed by atoms with van der Waals surface area (Å²) in [7, 11) is -4.41. The summed E-state index contributed by atoms with van der Waals surface area (Å²) in [5, 5.41) is 0. The fourth-order valence-electron chi connectivity index (χ4n) is 6.00. The van der Waals surface area contributed by atoms with Crippen LogP contribution in [0.5, 0.6) is 11.5 Å². The molecule has 0 aromatic heterocycles. The average molecular weight is 729 g/mol. The first kappa shape index (κ1) is 36.2. The van der Waals surface area contributed by atoms with Crippen LogP contribution < -0.4 is 8.37 Å². The molecule has 0 saturated heterocycles. The Hall–Kier alpha value is -4.12. The largest absolute Gasteiger partial charge is 0.534 e. The van der Waals surface area contributed by atoms with Crippen LogP contribution in [0.15, 0.2) is 84.9 Å². The van der Waals surface area contributed by atoms with Crippen LogP contribution in [0.3, 0.4) is 0 Å². The Balaban J connectivity index is 1.79. The van der Waals surface area contributed by atoms with E-state index in [4.69, 9.17) is 0 Å². The van der Waals surface area contributed by atoms with Crippen LogP contribution in [0.4, 0.5) is 26.3 Å². The van der Waals surface area contributed by atoms with Gasteiger partial charge in [-0.2, -0.15) is 43.2 Å². The van der Waals surface area contributed by atoms with Crippen molar-refractivity contribution in [1.29, 1.82) is 0 Å². The maximum atomic E-state index is 13.1. The number of hydrogen-bond donors (Lipinski definition) is 0. The van der Waals surface area contributed by atoms with Crippen molar-refractivity contribution >= 4 is 20.2 Å². The fourth-order valence-corrected chi connectivity index (χ4v) is 6.92. The zero-order valence-electron chi connectivity index (χ0n) is 26.4. The van der Waals surface area contributed by atoms with E-state index in [0.29, 0.717) is 24.2 Å². The van der Waals surface area contributed by atoms with Crippen molar-refractivity contribution in [3.8, 4) is 22.6 Å². The van der Waals surface area contributed by atoms with Crippen molar-refractivity contribution in [3.05, 3.63) is 118 Å². The van der Waals surface area contributed by atoms with Crippen molar-refractivity contribution in [2.24, 2.45) is 0 Å². The number of fused-ring (bicyclic) bond motifs is 3. The third kappa shape index (κ3) is 6.87. The highest BCUT2D eigenvalue weighted by atomic mass is 32.2. The van der Waals surface area contributed by atoms with Crippen LogP contribution >= 0.6 is 0 Å². The van der Waals surface area contributed by atoms with Crippen molar-refractivity contribution in [1.82, 2.24) is 9.80 Å². The summed E-state index contributed by atoms with van der Waals surface area (Å²) >= 11 is 0. The van der Waals surface area contributed by atoms with Crippen molar-refractivity contribution < 1.29 is 51.5 Å². The summed E-state index contributed by atoms with van der Waals surface area (Å²) in [6.45, 7) is 1.05. The number of nitrogens with zero attached hydrogens (tertiary/aromatic N) is 2.